The molecule has 1 atom stereocenters. The van der Waals surface area contributed by atoms with Crippen molar-refractivity contribution in [1.29, 1.82) is 0 Å². The Kier molecular flexibility index (Phi) is 4.68. The summed E-state index contributed by atoms with van der Waals surface area (Å²) in [5.41, 5.74) is 9.60. The van der Waals surface area contributed by atoms with Crippen molar-refractivity contribution in [3.05, 3.63) is 145 Å². The molecule has 0 amide bonds. The molecule has 0 radical (unpaired) electrons. The number of nitrogens with zero attached hydrogens (tertiary/aromatic N) is 1. The zero-order valence-electron chi connectivity index (χ0n) is 20.8. The van der Waals surface area contributed by atoms with E-state index in [1.54, 1.807) is 0 Å². The first-order valence-corrected chi connectivity index (χ1v) is 13.2. The summed E-state index contributed by atoms with van der Waals surface area (Å²) in [6.45, 7) is 0. The molecule has 38 heavy (non-hydrogen) atoms. The Hall–Kier alpha value is -4.82. The lowest BCUT2D eigenvalue weighted by Crippen LogP contribution is -2.28. The van der Waals surface area contributed by atoms with Crippen molar-refractivity contribution in [3.8, 4) is 11.1 Å². The molecule has 0 N–H and O–H groups in total. The molecule has 0 saturated heterocycles. The van der Waals surface area contributed by atoms with E-state index >= 15 is 0 Å². The van der Waals surface area contributed by atoms with Gasteiger partial charge in [-0.3, -0.25) is 0 Å². The normalized spacial score (nSPS) is 14.5. The minimum Gasteiger partial charge on any atom is -0.456 e. The number of hydrogen-bond acceptors (Lipinski definition) is 2. The van der Waals surface area contributed by atoms with Crippen LogP contribution in [0, 0.1) is 0 Å². The summed E-state index contributed by atoms with van der Waals surface area (Å²) in [6, 6.07) is 48.3. The number of benzene rings is 6. The molecule has 2 heteroatoms. The molecule has 0 aliphatic heterocycles. The lowest BCUT2D eigenvalue weighted by atomic mass is 9.81. The fourth-order valence-electron chi connectivity index (χ4n) is 6.24. The largest absolute Gasteiger partial charge is 0.456 e. The van der Waals surface area contributed by atoms with E-state index in [4.69, 9.17) is 4.42 Å². The van der Waals surface area contributed by atoms with Gasteiger partial charge in [-0.2, -0.15) is 0 Å². The van der Waals surface area contributed by atoms with Crippen LogP contribution in [0.2, 0.25) is 0 Å². The molecule has 1 aliphatic carbocycles. The zero-order valence-corrected chi connectivity index (χ0v) is 20.8. The van der Waals surface area contributed by atoms with Crippen molar-refractivity contribution < 1.29 is 4.42 Å². The molecule has 7 aromatic rings. The lowest BCUT2D eigenvalue weighted by molar-refractivity contribution is 0.668. The van der Waals surface area contributed by atoms with Crippen LogP contribution < -0.4 is 4.90 Å². The van der Waals surface area contributed by atoms with E-state index in [1.165, 1.54) is 44.4 Å². The van der Waals surface area contributed by atoms with Gasteiger partial charge >= 0.3 is 0 Å². The van der Waals surface area contributed by atoms with Crippen molar-refractivity contribution in [2.45, 2.75) is 12.5 Å². The van der Waals surface area contributed by atoms with Crippen molar-refractivity contribution in [2.24, 2.45) is 0 Å². The van der Waals surface area contributed by atoms with Gasteiger partial charge in [0.25, 0.3) is 0 Å². The van der Waals surface area contributed by atoms with Crippen LogP contribution in [0.15, 0.2) is 138 Å². The lowest BCUT2D eigenvalue weighted by Gasteiger charge is -2.38. The summed E-state index contributed by atoms with van der Waals surface area (Å²) >= 11 is 0. The molecule has 0 spiro atoms. The van der Waals surface area contributed by atoms with Gasteiger partial charge in [0.15, 0.2) is 0 Å². The first kappa shape index (κ1) is 21.3. The molecule has 8 rings (SSSR count). The molecular weight excluding hydrogens is 462 g/mol. The topological polar surface area (TPSA) is 16.4 Å². The number of hydrogen-bond donors (Lipinski definition) is 0. The zero-order chi connectivity index (χ0) is 25.1. The average Bonchev–Trinajstić information content (AvgIpc) is 3.35. The molecule has 0 bridgehead atoms. The van der Waals surface area contributed by atoms with Crippen LogP contribution in [0.1, 0.15) is 17.2 Å². The average molecular weight is 488 g/mol. The Bertz CT molecular complexity index is 1980. The van der Waals surface area contributed by atoms with Gasteiger partial charge in [0.2, 0.25) is 0 Å². The van der Waals surface area contributed by atoms with Crippen molar-refractivity contribution >= 4 is 44.1 Å². The Morgan fingerprint density at radius 3 is 2.16 bits per heavy atom. The third-order valence-corrected chi connectivity index (χ3v) is 8.00. The van der Waals surface area contributed by atoms with E-state index in [2.05, 4.69) is 126 Å². The Balaban J connectivity index is 1.38. The number of rotatable bonds is 3. The predicted molar refractivity (Wildman–Crippen MR) is 158 cm³/mol. The number of furan rings is 1. The van der Waals surface area contributed by atoms with Gasteiger partial charge in [0.05, 0.1) is 6.04 Å². The van der Waals surface area contributed by atoms with Crippen molar-refractivity contribution in [1.82, 2.24) is 0 Å². The van der Waals surface area contributed by atoms with Crippen molar-refractivity contribution in [2.75, 3.05) is 4.90 Å². The SMILES string of the molecule is c1ccc2c(c1)CC(N(c1ccc3ccccc3c1)c1ccc3oc4ccccc4c3c1)c1ccccc1-2. The second-order valence-corrected chi connectivity index (χ2v) is 10.1. The summed E-state index contributed by atoms with van der Waals surface area (Å²) < 4.78 is 6.18. The maximum atomic E-state index is 6.18. The maximum Gasteiger partial charge on any atom is 0.135 e. The van der Waals surface area contributed by atoms with Crippen LogP contribution >= 0.6 is 0 Å². The van der Waals surface area contributed by atoms with Crippen LogP contribution in [0.5, 0.6) is 0 Å². The highest BCUT2D eigenvalue weighted by molar-refractivity contribution is 6.06. The van der Waals surface area contributed by atoms with E-state index in [-0.39, 0.29) is 6.04 Å². The van der Waals surface area contributed by atoms with Gasteiger partial charge in [0.1, 0.15) is 11.2 Å². The van der Waals surface area contributed by atoms with E-state index < -0.39 is 0 Å². The van der Waals surface area contributed by atoms with Crippen LogP contribution in [0.4, 0.5) is 11.4 Å². The van der Waals surface area contributed by atoms with E-state index in [0.717, 1.165) is 28.4 Å². The molecule has 2 nitrogen and oxygen atoms in total. The van der Waals surface area contributed by atoms with Gasteiger partial charge in [-0.15, -0.1) is 0 Å². The van der Waals surface area contributed by atoms with Crippen LogP contribution in [0.25, 0.3) is 43.8 Å². The summed E-state index contributed by atoms with van der Waals surface area (Å²) in [6.07, 6.45) is 0.935. The van der Waals surface area contributed by atoms with Crippen LogP contribution in [-0.4, -0.2) is 0 Å². The highest BCUT2D eigenvalue weighted by Gasteiger charge is 2.30. The first-order chi connectivity index (χ1) is 18.8. The highest BCUT2D eigenvalue weighted by atomic mass is 16.3. The molecule has 1 aromatic heterocycles. The predicted octanol–water partition coefficient (Wildman–Crippen LogP) is 9.84. The molecule has 0 saturated carbocycles. The molecule has 0 fully saturated rings. The Morgan fingerprint density at radius 1 is 0.526 bits per heavy atom. The quantitative estimate of drug-likeness (QED) is 0.247. The standard InChI is InChI=1S/C36H25NO/c1-2-10-25-21-27(18-17-24(25)9-1)37(28-19-20-36-33(23-28)32-15-7-8-16-35(32)38-36)34-22-26-11-3-4-12-29(26)30-13-5-6-14-31(30)34/h1-21,23,34H,22H2. The monoisotopic (exact) mass is 487 g/mol. The minimum absolute atomic E-state index is 0.151. The summed E-state index contributed by atoms with van der Waals surface area (Å²) in [5.74, 6) is 0. The maximum absolute atomic E-state index is 6.18. The van der Waals surface area contributed by atoms with E-state index in [1.807, 2.05) is 12.1 Å². The van der Waals surface area contributed by atoms with E-state index in [0.29, 0.717) is 0 Å². The number of para-hydroxylation sites is 1. The minimum atomic E-state index is 0.151. The number of anilines is 2. The van der Waals surface area contributed by atoms with Gasteiger partial charge < -0.3 is 9.32 Å². The number of fused-ring (bicyclic) bond motifs is 7. The summed E-state index contributed by atoms with van der Waals surface area (Å²) in [7, 11) is 0. The van der Waals surface area contributed by atoms with Gasteiger partial charge in [-0.05, 0) is 75.8 Å². The highest BCUT2D eigenvalue weighted by Crippen LogP contribution is 2.46. The van der Waals surface area contributed by atoms with Crippen LogP contribution in [-0.2, 0) is 6.42 Å². The second kappa shape index (κ2) is 8.36. The fraction of sp³-hybridized carbons (Fsp3) is 0.0556. The third kappa shape index (κ3) is 3.27. The third-order valence-electron chi connectivity index (χ3n) is 8.00. The molecule has 6 aromatic carbocycles. The van der Waals surface area contributed by atoms with Crippen molar-refractivity contribution in [3.63, 3.8) is 0 Å². The smallest absolute Gasteiger partial charge is 0.135 e. The van der Waals surface area contributed by atoms with Crippen LogP contribution in [0.3, 0.4) is 0 Å². The summed E-state index contributed by atoms with van der Waals surface area (Å²) in [5, 5.41) is 4.79. The molecular formula is C36H25NO. The van der Waals surface area contributed by atoms with Gasteiger partial charge in [-0.1, -0.05) is 97.1 Å². The first-order valence-electron chi connectivity index (χ1n) is 13.2. The van der Waals surface area contributed by atoms with Gasteiger partial charge in [-0.25, -0.2) is 0 Å². The fourth-order valence-corrected chi connectivity index (χ4v) is 6.24. The molecule has 1 aliphatic rings. The van der Waals surface area contributed by atoms with Gasteiger partial charge in [0, 0.05) is 22.1 Å². The second-order valence-electron chi connectivity index (χ2n) is 10.1. The van der Waals surface area contributed by atoms with E-state index in [9.17, 15) is 0 Å². The summed E-state index contributed by atoms with van der Waals surface area (Å²) in [4.78, 5) is 2.53. The molecule has 1 heterocycles. The Labute approximate surface area is 221 Å². The molecule has 1 unspecified atom stereocenters. The molecule has 180 valence electrons. The Morgan fingerprint density at radius 2 is 1.21 bits per heavy atom.